The first-order chi connectivity index (χ1) is 16.6. The maximum Gasteiger partial charge on any atom is 0.262 e. The third-order valence-corrected chi connectivity index (χ3v) is 5.73. The second-order valence-corrected chi connectivity index (χ2v) is 8.01. The van der Waals surface area contributed by atoms with E-state index in [0.29, 0.717) is 42.7 Å². The van der Waals surface area contributed by atoms with Crippen molar-refractivity contribution in [3.05, 3.63) is 83.7 Å². The van der Waals surface area contributed by atoms with Gasteiger partial charge in [-0.2, -0.15) is 0 Å². The molecule has 0 radical (unpaired) electrons. The molecule has 0 atom stereocenters. The molecule has 1 amide bonds. The highest BCUT2D eigenvalue weighted by Crippen LogP contribution is 2.24. The second-order valence-electron chi connectivity index (χ2n) is 8.01. The largest absolute Gasteiger partial charge is 0.366 e. The smallest absolute Gasteiger partial charge is 0.262 e. The average Bonchev–Trinajstić information content (AvgIpc) is 2.88. The Balaban J connectivity index is 1.27. The van der Waals surface area contributed by atoms with Crippen molar-refractivity contribution >= 4 is 23.5 Å². The molecule has 34 heavy (non-hydrogen) atoms. The molecule has 0 aliphatic carbocycles. The summed E-state index contributed by atoms with van der Waals surface area (Å²) in [5, 5.41) is 6.23. The number of nitrogens with one attached hydrogen (secondary N) is 2. The summed E-state index contributed by atoms with van der Waals surface area (Å²) in [4.78, 5) is 36.1. The maximum absolute atomic E-state index is 13.0. The number of pyridine rings is 1. The Bertz CT molecular complexity index is 1340. The van der Waals surface area contributed by atoms with E-state index in [4.69, 9.17) is 0 Å². The van der Waals surface area contributed by atoms with Crippen molar-refractivity contribution in [3.63, 3.8) is 0 Å². The molecule has 170 valence electrons. The van der Waals surface area contributed by atoms with Crippen LogP contribution in [0.15, 0.2) is 61.2 Å². The summed E-state index contributed by atoms with van der Waals surface area (Å²) in [5.41, 5.74) is 5.66. The molecule has 1 aromatic carbocycles. The van der Waals surface area contributed by atoms with Crippen LogP contribution in [0.2, 0.25) is 0 Å². The van der Waals surface area contributed by atoms with E-state index in [1.807, 2.05) is 19.2 Å². The van der Waals surface area contributed by atoms with Crippen LogP contribution < -0.4 is 15.5 Å². The lowest BCUT2D eigenvalue weighted by Crippen LogP contribution is -2.39. The Hall–Kier alpha value is -4.40. The zero-order valence-corrected chi connectivity index (χ0v) is 19.0. The van der Waals surface area contributed by atoms with Crippen molar-refractivity contribution < 1.29 is 4.79 Å². The van der Waals surface area contributed by atoms with E-state index < -0.39 is 0 Å². The van der Waals surface area contributed by atoms with Crippen molar-refractivity contribution in [1.82, 2.24) is 24.9 Å². The van der Waals surface area contributed by atoms with Gasteiger partial charge in [0.15, 0.2) is 0 Å². The van der Waals surface area contributed by atoms with Gasteiger partial charge in [-0.1, -0.05) is 24.3 Å². The fourth-order valence-corrected chi connectivity index (χ4v) is 3.91. The maximum atomic E-state index is 13.0. The van der Waals surface area contributed by atoms with Crippen LogP contribution in [0.1, 0.15) is 27.3 Å². The molecule has 0 unspecified atom stereocenters. The average molecular weight is 453 g/mol. The number of carbonyl (C=O) groups is 1. The highest BCUT2D eigenvalue weighted by Gasteiger charge is 2.28. The molecule has 2 N–H and O–H groups in total. The third kappa shape index (κ3) is 4.40. The molecule has 0 saturated heterocycles. The molecule has 9 nitrogen and oxygen atoms in total. The number of carbonyl (C=O) groups excluding carboxylic acids is 1. The van der Waals surface area contributed by atoms with Gasteiger partial charge < -0.3 is 10.6 Å². The van der Waals surface area contributed by atoms with Gasteiger partial charge in [0.1, 0.15) is 18.0 Å². The molecule has 1 aliphatic heterocycles. The summed E-state index contributed by atoms with van der Waals surface area (Å²) in [7, 11) is 1.75. The van der Waals surface area contributed by atoms with E-state index in [2.05, 4.69) is 65.9 Å². The van der Waals surface area contributed by atoms with Crippen molar-refractivity contribution in [2.45, 2.75) is 19.9 Å². The Labute approximate surface area is 197 Å². The molecule has 0 saturated carbocycles. The Morgan fingerprint density at radius 3 is 2.65 bits per heavy atom. The van der Waals surface area contributed by atoms with Gasteiger partial charge in [0.25, 0.3) is 5.91 Å². The summed E-state index contributed by atoms with van der Waals surface area (Å²) in [6.45, 7) is 3.09. The van der Waals surface area contributed by atoms with Crippen LogP contribution in [-0.4, -0.2) is 44.4 Å². The first-order valence-corrected chi connectivity index (χ1v) is 11.0. The van der Waals surface area contributed by atoms with Crippen LogP contribution >= 0.6 is 0 Å². The first-order valence-electron chi connectivity index (χ1n) is 11.0. The summed E-state index contributed by atoms with van der Waals surface area (Å²) in [6.07, 6.45) is 5.50. The minimum atomic E-state index is -0.157. The lowest BCUT2D eigenvalue weighted by molar-refractivity contribution is 0.0978. The lowest BCUT2D eigenvalue weighted by atomic mass is 10.0. The zero-order chi connectivity index (χ0) is 23.5. The molecule has 3 aromatic heterocycles. The number of hydrogen-bond acceptors (Lipinski definition) is 8. The fourth-order valence-electron chi connectivity index (χ4n) is 3.91. The Kier molecular flexibility index (Phi) is 5.82. The second kappa shape index (κ2) is 9.22. The van der Waals surface area contributed by atoms with Crippen molar-refractivity contribution in [2.24, 2.45) is 0 Å². The number of hydrogen-bond donors (Lipinski definition) is 2. The van der Waals surface area contributed by atoms with Gasteiger partial charge in [-0.3, -0.25) is 14.7 Å². The molecule has 1 aliphatic rings. The van der Waals surface area contributed by atoms with Gasteiger partial charge in [-0.05, 0) is 35.7 Å². The molecular formula is C25H24N8O. The Morgan fingerprint density at radius 2 is 1.85 bits per heavy atom. The van der Waals surface area contributed by atoms with Gasteiger partial charge in [-0.15, -0.1) is 0 Å². The van der Waals surface area contributed by atoms with Gasteiger partial charge in [0.2, 0.25) is 5.95 Å². The molecule has 9 heteroatoms. The summed E-state index contributed by atoms with van der Waals surface area (Å²) >= 11 is 0. The normalized spacial score (nSPS) is 12.9. The zero-order valence-electron chi connectivity index (χ0n) is 19.0. The molecule has 0 fully saturated rings. The molecule has 4 aromatic rings. The lowest BCUT2D eigenvalue weighted by Gasteiger charge is -2.27. The third-order valence-electron chi connectivity index (χ3n) is 5.73. The standard InChI is InChI=1S/C25H24N8O/c1-16-11-19(7-9-27-16)18-5-3-17(4-6-18)13-28-22-12-23(31-15-30-22)33-10-8-21-20(24(33)34)14-29-25(26-2)32-21/h3-7,9,11-12,14-15H,8,10,13H2,1-2H3,(H,26,29,32)(H,28,30,31). The van der Waals surface area contributed by atoms with Crippen LogP contribution in [0.3, 0.4) is 0 Å². The van der Waals surface area contributed by atoms with Gasteiger partial charge in [0, 0.05) is 50.7 Å². The molecule has 0 spiro atoms. The van der Waals surface area contributed by atoms with Gasteiger partial charge in [0.05, 0.1) is 11.3 Å². The highest BCUT2D eigenvalue weighted by atomic mass is 16.2. The van der Waals surface area contributed by atoms with Gasteiger partial charge >= 0.3 is 0 Å². The molecule has 0 bridgehead atoms. The molecular weight excluding hydrogens is 428 g/mol. The minimum Gasteiger partial charge on any atom is -0.366 e. The van der Waals surface area contributed by atoms with Crippen LogP contribution in [0.5, 0.6) is 0 Å². The van der Waals surface area contributed by atoms with E-state index in [9.17, 15) is 4.79 Å². The quantitative estimate of drug-likeness (QED) is 0.458. The number of nitrogens with zero attached hydrogens (tertiary/aromatic N) is 6. The fraction of sp³-hybridized carbons (Fsp3) is 0.200. The number of benzene rings is 1. The molecule has 5 rings (SSSR count). The van der Waals surface area contributed by atoms with Crippen LogP contribution in [-0.2, 0) is 13.0 Å². The number of anilines is 3. The summed E-state index contributed by atoms with van der Waals surface area (Å²) in [5.74, 6) is 1.56. The van der Waals surface area contributed by atoms with E-state index in [-0.39, 0.29) is 5.91 Å². The molecule has 4 heterocycles. The van der Waals surface area contributed by atoms with E-state index in [0.717, 1.165) is 28.1 Å². The van der Waals surface area contributed by atoms with Crippen molar-refractivity contribution in [2.75, 3.05) is 29.1 Å². The number of rotatable bonds is 6. The van der Waals surface area contributed by atoms with Crippen LogP contribution in [0.4, 0.5) is 17.6 Å². The van der Waals surface area contributed by atoms with Crippen LogP contribution in [0.25, 0.3) is 11.1 Å². The van der Waals surface area contributed by atoms with Crippen LogP contribution in [0, 0.1) is 6.92 Å². The topological polar surface area (TPSA) is 109 Å². The van der Waals surface area contributed by atoms with E-state index >= 15 is 0 Å². The van der Waals surface area contributed by atoms with Crippen molar-refractivity contribution in [1.29, 1.82) is 0 Å². The predicted octanol–water partition coefficient (Wildman–Crippen LogP) is 3.49. The number of aryl methyl sites for hydroxylation is 1. The SMILES string of the molecule is CNc1ncc2c(n1)CCN(c1cc(NCc3ccc(-c4ccnc(C)c4)cc3)ncn1)C2=O. The van der Waals surface area contributed by atoms with Crippen molar-refractivity contribution in [3.8, 4) is 11.1 Å². The summed E-state index contributed by atoms with van der Waals surface area (Å²) in [6, 6.07) is 14.2. The highest BCUT2D eigenvalue weighted by molar-refractivity contribution is 6.07. The first kappa shape index (κ1) is 21.4. The summed E-state index contributed by atoms with van der Waals surface area (Å²) < 4.78 is 0. The van der Waals surface area contributed by atoms with Gasteiger partial charge in [-0.25, -0.2) is 19.9 Å². The number of aromatic nitrogens is 5. The number of fused-ring (bicyclic) bond motifs is 1. The predicted molar refractivity (Wildman–Crippen MR) is 131 cm³/mol. The number of amides is 1. The Morgan fingerprint density at radius 1 is 1.00 bits per heavy atom. The van der Waals surface area contributed by atoms with E-state index in [1.165, 1.54) is 6.33 Å². The monoisotopic (exact) mass is 452 g/mol. The minimum absolute atomic E-state index is 0.157. The van der Waals surface area contributed by atoms with E-state index in [1.54, 1.807) is 24.2 Å².